The summed E-state index contributed by atoms with van der Waals surface area (Å²) < 4.78 is 16.4. The van der Waals surface area contributed by atoms with E-state index in [4.69, 9.17) is 14.2 Å². The molecule has 0 amide bonds. The van der Waals surface area contributed by atoms with Gasteiger partial charge in [-0.15, -0.1) is 0 Å². The molecule has 4 rings (SSSR count). The lowest BCUT2D eigenvalue weighted by atomic mass is 9.88. The van der Waals surface area contributed by atoms with Gasteiger partial charge >= 0.3 is 0 Å². The minimum Gasteiger partial charge on any atom is -0.454 e. The zero-order chi connectivity index (χ0) is 17.8. The van der Waals surface area contributed by atoms with Crippen LogP contribution in [0.3, 0.4) is 0 Å². The zero-order valence-corrected chi connectivity index (χ0v) is 14.9. The molecule has 5 heteroatoms. The van der Waals surface area contributed by atoms with Gasteiger partial charge in [0.25, 0.3) is 0 Å². The predicted octanol–water partition coefficient (Wildman–Crippen LogP) is 1.93. The number of fused-ring (bicyclic) bond motifs is 2. The van der Waals surface area contributed by atoms with Crippen molar-refractivity contribution in [1.82, 2.24) is 0 Å². The van der Waals surface area contributed by atoms with E-state index in [0.29, 0.717) is 25.8 Å². The third kappa shape index (κ3) is 4.01. The third-order valence-electron chi connectivity index (χ3n) is 5.12. The Hall–Kier alpha value is -2.08. The summed E-state index contributed by atoms with van der Waals surface area (Å²) >= 11 is 0. The quantitative estimate of drug-likeness (QED) is 0.796. The molecule has 0 spiro atoms. The topological polar surface area (TPSA) is 64.5 Å². The number of nitrogens with two attached hydrogens (primary N) is 1. The number of benzene rings is 2. The Balaban J connectivity index is 1.22. The van der Waals surface area contributed by atoms with Crippen LogP contribution in [0.2, 0.25) is 0 Å². The van der Waals surface area contributed by atoms with Crippen LogP contribution in [0.1, 0.15) is 35.6 Å². The van der Waals surface area contributed by atoms with Crippen molar-refractivity contribution in [3.63, 3.8) is 0 Å². The Kier molecular flexibility index (Phi) is 5.39. The molecule has 2 atom stereocenters. The normalized spacial score (nSPS) is 19.2. The maximum absolute atomic E-state index is 10.3. The smallest absolute Gasteiger partial charge is 0.231 e. The molecular formula is C21H26NO4+. The monoisotopic (exact) mass is 356 g/mol. The summed E-state index contributed by atoms with van der Waals surface area (Å²) in [6.07, 6.45) is 3.08. The highest BCUT2D eigenvalue weighted by atomic mass is 16.7. The first-order valence-electron chi connectivity index (χ1n) is 9.35. The van der Waals surface area contributed by atoms with E-state index in [1.54, 1.807) is 0 Å². The molecule has 2 aliphatic rings. The van der Waals surface area contributed by atoms with Crippen LogP contribution < -0.4 is 14.8 Å². The summed E-state index contributed by atoms with van der Waals surface area (Å²) in [5.74, 6) is 1.53. The van der Waals surface area contributed by atoms with Gasteiger partial charge in [0.1, 0.15) is 18.7 Å². The molecule has 2 aromatic carbocycles. The van der Waals surface area contributed by atoms with Crippen molar-refractivity contribution in [3.8, 4) is 11.5 Å². The summed E-state index contributed by atoms with van der Waals surface area (Å²) in [4.78, 5) is 0. The average molecular weight is 356 g/mol. The Morgan fingerprint density at radius 2 is 2.04 bits per heavy atom. The molecule has 3 N–H and O–H groups in total. The Bertz CT molecular complexity index is 749. The number of aliphatic hydroxyl groups is 1. The molecule has 1 aliphatic heterocycles. The van der Waals surface area contributed by atoms with Gasteiger partial charge < -0.3 is 24.6 Å². The van der Waals surface area contributed by atoms with E-state index >= 15 is 0 Å². The molecule has 0 radical (unpaired) electrons. The molecule has 0 saturated heterocycles. The van der Waals surface area contributed by atoms with E-state index in [9.17, 15) is 5.11 Å². The largest absolute Gasteiger partial charge is 0.454 e. The van der Waals surface area contributed by atoms with Crippen molar-refractivity contribution in [2.24, 2.45) is 0 Å². The summed E-state index contributed by atoms with van der Waals surface area (Å²) in [5, 5.41) is 12.5. The van der Waals surface area contributed by atoms with Gasteiger partial charge in [-0.1, -0.05) is 30.3 Å². The maximum atomic E-state index is 10.3. The van der Waals surface area contributed by atoms with E-state index in [2.05, 4.69) is 29.6 Å². The van der Waals surface area contributed by atoms with Gasteiger partial charge in [0.15, 0.2) is 11.5 Å². The molecule has 2 aromatic rings. The fourth-order valence-corrected chi connectivity index (χ4v) is 3.77. The van der Waals surface area contributed by atoms with E-state index in [1.807, 2.05) is 18.2 Å². The SMILES string of the molecule is O[C@@H](C[NH2+][C@@H]1CCCc2ccccc21)COCc1ccc2c(c1)OCO2. The van der Waals surface area contributed by atoms with Crippen LogP contribution in [0.25, 0.3) is 0 Å². The van der Waals surface area contributed by atoms with Crippen molar-refractivity contribution >= 4 is 0 Å². The van der Waals surface area contributed by atoms with E-state index in [-0.39, 0.29) is 6.79 Å². The van der Waals surface area contributed by atoms with Gasteiger partial charge in [-0.05, 0) is 36.1 Å². The van der Waals surface area contributed by atoms with Crippen molar-refractivity contribution in [2.75, 3.05) is 19.9 Å². The molecule has 26 heavy (non-hydrogen) atoms. The minimum atomic E-state index is -0.474. The Morgan fingerprint density at radius 3 is 3.00 bits per heavy atom. The predicted molar refractivity (Wildman–Crippen MR) is 97.1 cm³/mol. The molecule has 0 fully saturated rings. The second kappa shape index (κ2) is 8.08. The summed E-state index contributed by atoms with van der Waals surface area (Å²) in [6.45, 7) is 1.72. The standard InChI is InChI=1S/C21H25NO4/c23-17(11-22-19-7-3-5-16-4-1-2-6-18(16)19)13-24-12-15-8-9-20-21(10-15)26-14-25-20/h1-2,4,6,8-10,17,19,22-23H,3,5,7,11-14H2/p+1/t17-,19+/m0/s1. The summed E-state index contributed by atoms with van der Waals surface area (Å²) in [6, 6.07) is 14.9. The van der Waals surface area contributed by atoms with Crippen LogP contribution in [-0.4, -0.2) is 31.2 Å². The molecule has 5 nitrogen and oxygen atoms in total. The summed E-state index contributed by atoms with van der Waals surface area (Å²) in [7, 11) is 0. The zero-order valence-electron chi connectivity index (χ0n) is 14.9. The van der Waals surface area contributed by atoms with Crippen LogP contribution in [-0.2, 0) is 17.8 Å². The number of ether oxygens (including phenoxy) is 3. The molecule has 0 saturated carbocycles. The van der Waals surface area contributed by atoms with Crippen molar-refractivity contribution in [2.45, 2.75) is 38.0 Å². The second-order valence-electron chi connectivity index (χ2n) is 7.03. The fraction of sp³-hybridized carbons (Fsp3) is 0.429. The van der Waals surface area contributed by atoms with Crippen LogP contribution >= 0.6 is 0 Å². The van der Waals surface area contributed by atoms with Crippen molar-refractivity contribution in [1.29, 1.82) is 0 Å². The molecule has 1 heterocycles. The third-order valence-corrected chi connectivity index (χ3v) is 5.12. The van der Waals surface area contributed by atoms with Gasteiger partial charge in [0.2, 0.25) is 6.79 Å². The molecule has 0 bridgehead atoms. The molecule has 138 valence electrons. The lowest BCUT2D eigenvalue weighted by Gasteiger charge is -2.24. The van der Waals surface area contributed by atoms with E-state index < -0.39 is 6.10 Å². The van der Waals surface area contributed by atoms with Gasteiger partial charge in [0, 0.05) is 12.0 Å². The number of hydrogen-bond donors (Lipinski definition) is 2. The van der Waals surface area contributed by atoms with Crippen molar-refractivity contribution < 1.29 is 24.6 Å². The molecule has 1 aliphatic carbocycles. The molecule has 0 unspecified atom stereocenters. The fourth-order valence-electron chi connectivity index (χ4n) is 3.77. The lowest BCUT2D eigenvalue weighted by molar-refractivity contribution is -0.703. The van der Waals surface area contributed by atoms with Crippen LogP contribution in [0.5, 0.6) is 11.5 Å². The average Bonchev–Trinajstić information content (AvgIpc) is 3.14. The maximum Gasteiger partial charge on any atom is 0.231 e. The summed E-state index contributed by atoms with van der Waals surface area (Å²) in [5.41, 5.74) is 3.90. The first kappa shape index (κ1) is 17.3. The number of rotatable bonds is 7. The number of aryl methyl sites for hydroxylation is 1. The first-order valence-corrected chi connectivity index (χ1v) is 9.35. The highest BCUT2D eigenvalue weighted by molar-refractivity contribution is 5.44. The highest BCUT2D eigenvalue weighted by Crippen LogP contribution is 2.32. The van der Waals surface area contributed by atoms with E-state index in [1.165, 1.54) is 30.4 Å². The minimum absolute atomic E-state index is 0.276. The Labute approximate surface area is 153 Å². The molecular weight excluding hydrogens is 330 g/mol. The van der Waals surface area contributed by atoms with Crippen LogP contribution in [0.4, 0.5) is 0 Å². The molecule has 0 aromatic heterocycles. The van der Waals surface area contributed by atoms with Crippen LogP contribution in [0.15, 0.2) is 42.5 Å². The first-order chi connectivity index (χ1) is 12.8. The van der Waals surface area contributed by atoms with Crippen molar-refractivity contribution in [3.05, 3.63) is 59.2 Å². The number of hydrogen-bond acceptors (Lipinski definition) is 4. The van der Waals surface area contributed by atoms with Crippen LogP contribution in [0, 0.1) is 0 Å². The van der Waals surface area contributed by atoms with Gasteiger partial charge in [-0.2, -0.15) is 0 Å². The second-order valence-corrected chi connectivity index (χ2v) is 7.03. The number of aliphatic hydroxyl groups excluding tert-OH is 1. The number of quaternary nitrogens is 1. The van der Waals surface area contributed by atoms with Gasteiger partial charge in [-0.3, -0.25) is 0 Å². The van der Waals surface area contributed by atoms with Gasteiger partial charge in [0.05, 0.1) is 13.2 Å². The Morgan fingerprint density at radius 1 is 1.15 bits per heavy atom. The van der Waals surface area contributed by atoms with E-state index in [0.717, 1.165) is 17.1 Å². The lowest BCUT2D eigenvalue weighted by Crippen LogP contribution is -2.87. The highest BCUT2D eigenvalue weighted by Gasteiger charge is 2.23. The van der Waals surface area contributed by atoms with Gasteiger partial charge in [-0.25, -0.2) is 0 Å².